The standard InChI is InChI=1S/C28H35N3O/c32-28(30-25-9-5-2-6-10-25)18-24-20-31(19-21-7-3-1-4-8-21)27-12-11-23(17-26(24)27)22-13-15-29-16-14-22/h11-17,20-21,25H,1-10,18-19H2,(H,30,32). The Morgan fingerprint density at radius 3 is 2.38 bits per heavy atom. The summed E-state index contributed by atoms with van der Waals surface area (Å²) < 4.78 is 2.42. The van der Waals surface area contributed by atoms with Crippen molar-refractivity contribution in [2.45, 2.75) is 83.2 Å². The molecule has 0 spiro atoms. The van der Waals surface area contributed by atoms with Crippen LogP contribution < -0.4 is 5.32 Å². The van der Waals surface area contributed by atoms with Gasteiger partial charge < -0.3 is 9.88 Å². The quantitative estimate of drug-likeness (QED) is 0.501. The summed E-state index contributed by atoms with van der Waals surface area (Å²) >= 11 is 0. The minimum Gasteiger partial charge on any atom is -0.353 e. The third-order valence-electron chi connectivity index (χ3n) is 7.48. The Bertz CT molecular complexity index is 1040. The molecule has 1 N–H and O–H groups in total. The zero-order chi connectivity index (χ0) is 21.8. The minimum absolute atomic E-state index is 0.169. The first-order chi connectivity index (χ1) is 15.8. The van der Waals surface area contributed by atoms with E-state index in [1.165, 1.54) is 73.4 Å². The van der Waals surface area contributed by atoms with Crippen molar-refractivity contribution < 1.29 is 4.79 Å². The smallest absolute Gasteiger partial charge is 0.224 e. The predicted octanol–water partition coefficient (Wildman–Crippen LogP) is 6.28. The van der Waals surface area contributed by atoms with Crippen LogP contribution in [0, 0.1) is 5.92 Å². The van der Waals surface area contributed by atoms with Gasteiger partial charge in [-0.05, 0) is 72.6 Å². The second kappa shape index (κ2) is 9.89. The first kappa shape index (κ1) is 21.2. The first-order valence-electron chi connectivity index (χ1n) is 12.6. The number of hydrogen-bond donors (Lipinski definition) is 1. The van der Waals surface area contributed by atoms with Crippen molar-refractivity contribution in [2.24, 2.45) is 5.92 Å². The van der Waals surface area contributed by atoms with Gasteiger partial charge in [-0.1, -0.05) is 44.6 Å². The SMILES string of the molecule is O=C(Cc1cn(CC2CCCCC2)c2ccc(-c3ccncc3)cc12)NC1CCCCC1. The molecule has 2 aromatic heterocycles. The fourth-order valence-corrected chi connectivity index (χ4v) is 5.73. The summed E-state index contributed by atoms with van der Waals surface area (Å²) in [6.45, 7) is 1.06. The Morgan fingerprint density at radius 2 is 1.62 bits per heavy atom. The highest BCUT2D eigenvalue weighted by Gasteiger charge is 2.20. The molecule has 4 nitrogen and oxygen atoms in total. The van der Waals surface area contributed by atoms with Crippen LogP contribution in [0.15, 0.2) is 48.9 Å². The molecule has 2 aliphatic carbocycles. The summed E-state index contributed by atoms with van der Waals surface area (Å²) in [4.78, 5) is 17.1. The number of carbonyl (C=O) groups excluding carboxylic acids is 1. The van der Waals surface area contributed by atoms with Gasteiger partial charge in [0, 0.05) is 42.1 Å². The lowest BCUT2D eigenvalue weighted by Crippen LogP contribution is -2.37. The number of fused-ring (bicyclic) bond motifs is 1. The molecule has 0 saturated heterocycles. The molecule has 1 amide bonds. The average molecular weight is 430 g/mol. The maximum Gasteiger partial charge on any atom is 0.224 e. The summed E-state index contributed by atoms with van der Waals surface area (Å²) in [5.74, 6) is 0.922. The second-order valence-electron chi connectivity index (χ2n) is 9.86. The monoisotopic (exact) mass is 429 g/mol. The Morgan fingerprint density at radius 1 is 0.906 bits per heavy atom. The number of hydrogen-bond acceptors (Lipinski definition) is 2. The first-order valence-corrected chi connectivity index (χ1v) is 12.6. The van der Waals surface area contributed by atoms with E-state index in [9.17, 15) is 4.79 Å². The average Bonchev–Trinajstić information content (AvgIpc) is 3.17. The van der Waals surface area contributed by atoms with E-state index in [0.717, 1.165) is 30.9 Å². The van der Waals surface area contributed by atoms with Crippen molar-refractivity contribution in [1.82, 2.24) is 14.9 Å². The van der Waals surface area contributed by atoms with Crippen molar-refractivity contribution >= 4 is 16.8 Å². The summed E-state index contributed by atoms with van der Waals surface area (Å²) in [5, 5.41) is 4.53. The molecule has 2 saturated carbocycles. The van der Waals surface area contributed by atoms with E-state index in [2.05, 4.69) is 51.4 Å². The number of nitrogens with zero attached hydrogens (tertiary/aromatic N) is 2. The predicted molar refractivity (Wildman–Crippen MR) is 130 cm³/mol. The fourth-order valence-electron chi connectivity index (χ4n) is 5.73. The van der Waals surface area contributed by atoms with Gasteiger partial charge in [-0.2, -0.15) is 0 Å². The molecule has 0 aliphatic heterocycles. The topological polar surface area (TPSA) is 46.9 Å². The zero-order valence-electron chi connectivity index (χ0n) is 19.1. The zero-order valence-corrected chi connectivity index (χ0v) is 19.1. The Kier molecular flexibility index (Phi) is 6.56. The maximum atomic E-state index is 12.9. The molecular weight excluding hydrogens is 394 g/mol. The van der Waals surface area contributed by atoms with Crippen LogP contribution in [0.3, 0.4) is 0 Å². The van der Waals surface area contributed by atoms with Gasteiger partial charge in [0.2, 0.25) is 5.91 Å². The molecule has 2 heterocycles. The minimum atomic E-state index is 0.169. The van der Waals surface area contributed by atoms with Crippen molar-refractivity contribution in [1.29, 1.82) is 0 Å². The molecule has 0 atom stereocenters. The van der Waals surface area contributed by atoms with Crippen molar-refractivity contribution in [3.8, 4) is 11.1 Å². The van der Waals surface area contributed by atoms with Gasteiger partial charge in [0.25, 0.3) is 0 Å². The van der Waals surface area contributed by atoms with Gasteiger partial charge in [-0.25, -0.2) is 0 Å². The highest BCUT2D eigenvalue weighted by atomic mass is 16.1. The lowest BCUT2D eigenvalue weighted by Gasteiger charge is -2.22. The van der Waals surface area contributed by atoms with Gasteiger partial charge in [0.05, 0.1) is 6.42 Å². The molecule has 32 heavy (non-hydrogen) atoms. The maximum absolute atomic E-state index is 12.9. The van der Waals surface area contributed by atoms with Gasteiger partial charge >= 0.3 is 0 Å². The van der Waals surface area contributed by atoms with Crippen LogP contribution in [0.1, 0.15) is 69.8 Å². The summed E-state index contributed by atoms with van der Waals surface area (Å²) in [6.07, 6.45) is 19.2. The van der Waals surface area contributed by atoms with Crippen LogP contribution in [0.25, 0.3) is 22.0 Å². The van der Waals surface area contributed by atoms with E-state index in [1.54, 1.807) is 0 Å². The summed E-state index contributed by atoms with van der Waals surface area (Å²) in [7, 11) is 0. The van der Waals surface area contributed by atoms with Gasteiger partial charge in [-0.15, -0.1) is 0 Å². The van der Waals surface area contributed by atoms with E-state index in [4.69, 9.17) is 0 Å². The van der Waals surface area contributed by atoms with Gasteiger partial charge in [0.15, 0.2) is 0 Å². The highest BCUT2D eigenvalue weighted by molar-refractivity contribution is 5.92. The summed E-state index contributed by atoms with van der Waals surface area (Å²) in [6, 6.07) is 11.2. The van der Waals surface area contributed by atoms with E-state index >= 15 is 0 Å². The van der Waals surface area contributed by atoms with Gasteiger partial charge in [-0.3, -0.25) is 9.78 Å². The van der Waals surface area contributed by atoms with Crippen LogP contribution in [0.5, 0.6) is 0 Å². The molecule has 2 aliphatic rings. The van der Waals surface area contributed by atoms with Crippen LogP contribution in [0.4, 0.5) is 0 Å². The molecule has 0 bridgehead atoms. The number of amides is 1. The van der Waals surface area contributed by atoms with Crippen LogP contribution in [-0.4, -0.2) is 21.5 Å². The number of pyridine rings is 1. The van der Waals surface area contributed by atoms with Crippen molar-refractivity contribution in [3.05, 3.63) is 54.5 Å². The van der Waals surface area contributed by atoms with Gasteiger partial charge in [0.1, 0.15) is 0 Å². The number of nitrogens with one attached hydrogen (secondary N) is 1. The third-order valence-corrected chi connectivity index (χ3v) is 7.48. The normalized spacial score (nSPS) is 18.1. The van der Waals surface area contributed by atoms with Crippen LogP contribution in [-0.2, 0) is 17.8 Å². The number of rotatable bonds is 6. The largest absolute Gasteiger partial charge is 0.353 e. The summed E-state index contributed by atoms with van der Waals surface area (Å²) in [5.41, 5.74) is 4.76. The Labute approximate surface area is 191 Å². The highest BCUT2D eigenvalue weighted by Crippen LogP contribution is 2.31. The lowest BCUT2D eigenvalue weighted by atomic mass is 9.89. The molecule has 168 valence electrons. The second-order valence-corrected chi connectivity index (χ2v) is 9.86. The lowest BCUT2D eigenvalue weighted by molar-refractivity contribution is -0.121. The molecule has 3 aromatic rings. The molecule has 0 radical (unpaired) electrons. The molecule has 2 fully saturated rings. The van der Waals surface area contributed by atoms with Crippen molar-refractivity contribution in [3.63, 3.8) is 0 Å². The Balaban J connectivity index is 1.43. The van der Waals surface area contributed by atoms with E-state index in [1.807, 2.05) is 12.4 Å². The molecule has 1 aromatic carbocycles. The van der Waals surface area contributed by atoms with E-state index in [-0.39, 0.29) is 5.91 Å². The number of carbonyl (C=O) groups is 1. The van der Waals surface area contributed by atoms with Crippen LogP contribution >= 0.6 is 0 Å². The number of aromatic nitrogens is 2. The molecule has 4 heteroatoms. The van der Waals surface area contributed by atoms with Crippen LogP contribution in [0.2, 0.25) is 0 Å². The van der Waals surface area contributed by atoms with Crippen molar-refractivity contribution in [2.75, 3.05) is 0 Å². The Hall–Kier alpha value is -2.62. The molecule has 0 unspecified atom stereocenters. The fraction of sp³-hybridized carbons (Fsp3) is 0.500. The third kappa shape index (κ3) is 4.90. The van der Waals surface area contributed by atoms with E-state index < -0.39 is 0 Å². The number of benzene rings is 1. The molecular formula is C28H35N3O. The molecule has 5 rings (SSSR count). The van der Waals surface area contributed by atoms with E-state index in [0.29, 0.717) is 12.5 Å².